The van der Waals surface area contributed by atoms with Crippen LogP contribution in [0.15, 0.2) is 0 Å². The lowest BCUT2D eigenvalue weighted by atomic mass is 10.1. The number of rotatable bonds is 8. The first kappa shape index (κ1) is 16.1. The van der Waals surface area contributed by atoms with Gasteiger partial charge >= 0.3 is 0 Å². The van der Waals surface area contributed by atoms with Gasteiger partial charge in [0.15, 0.2) is 14.1 Å². The first-order valence-electron chi connectivity index (χ1n) is 7.06. The summed E-state index contributed by atoms with van der Waals surface area (Å²) >= 11 is 0. The molecule has 0 unspecified atom stereocenters. The summed E-state index contributed by atoms with van der Waals surface area (Å²) in [5.74, 6) is 0.0156. The largest absolute Gasteiger partial charge is 0.417 e. The summed E-state index contributed by atoms with van der Waals surface area (Å²) in [5, 5.41) is 6.95. The molecule has 0 spiro atoms. The number of carbonyl (C=O) groups is 1. The molecule has 1 heterocycles. The van der Waals surface area contributed by atoms with Gasteiger partial charge in [-0.15, -0.1) is 0 Å². The van der Waals surface area contributed by atoms with E-state index in [0.29, 0.717) is 12.3 Å². The van der Waals surface area contributed by atoms with Crippen LogP contribution in [0.5, 0.6) is 0 Å². The highest BCUT2D eigenvalue weighted by molar-refractivity contribution is 6.71. The van der Waals surface area contributed by atoms with Crippen LogP contribution >= 0.6 is 0 Å². The van der Waals surface area contributed by atoms with Crippen molar-refractivity contribution in [3.8, 4) is 0 Å². The number of ketones is 1. The lowest BCUT2D eigenvalue weighted by molar-refractivity contribution is 0.101. The average Bonchev–Trinajstić information content (AvgIpc) is 2.69. The number of aromatic amines is 1. The fraction of sp³-hybridized carbons (Fsp3) is 0.714. The van der Waals surface area contributed by atoms with Gasteiger partial charge in [-0.05, 0) is 32.5 Å². The van der Waals surface area contributed by atoms with Crippen LogP contribution in [0.4, 0.5) is 0 Å². The van der Waals surface area contributed by atoms with Gasteiger partial charge in [-0.1, -0.05) is 19.8 Å². The highest BCUT2D eigenvalue weighted by atomic mass is 28.4. The average molecular weight is 282 g/mol. The number of nitrogens with one attached hydrogen (secondary N) is 1. The molecule has 1 aromatic rings. The number of aromatic nitrogens is 2. The van der Waals surface area contributed by atoms with Crippen LogP contribution in [-0.2, 0) is 10.8 Å². The topological polar surface area (TPSA) is 55.0 Å². The van der Waals surface area contributed by atoms with E-state index in [0.717, 1.165) is 17.7 Å². The third kappa shape index (κ3) is 4.91. The monoisotopic (exact) mass is 282 g/mol. The molecule has 0 aliphatic rings. The van der Waals surface area contributed by atoms with Crippen LogP contribution < -0.4 is 0 Å². The molecule has 5 heteroatoms. The molecule has 0 aliphatic carbocycles. The number of hydrogen-bond acceptors (Lipinski definition) is 3. The molecule has 1 N–H and O–H groups in total. The maximum atomic E-state index is 11.5. The van der Waals surface area contributed by atoms with Crippen molar-refractivity contribution in [3.63, 3.8) is 0 Å². The number of hydrogen-bond donors (Lipinski definition) is 1. The van der Waals surface area contributed by atoms with Crippen molar-refractivity contribution in [2.24, 2.45) is 0 Å². The van der Waals surface area contributed by atoms with Crippen molar-refractivity contribution in [3.05, 3.63) is 17.0 Å². The minimum Gasteiger partial charge on any atom is -0.417 e. The predicted molar refractivity (Wildman–Crippen MR) is 80.2 cm³/mol. The van der Waals surface area contributed by atoms with Crippen molar-refractivity contribution in [2.45, 2.75) is 59.2 Å². The summed E-state index contributed by atoms with van der Waals surface area (Å²) in [4.78, 5) is 11.5. The van der Waals surface area contributed by atoms with Gasteiger partial charge in [0.1, 0.15) is 5.69 Å². The van der Waals surface area contributed by atoms with E-state index in [1.165, 1.54) is 18.9 Å². The number of Topliss-reactive ketones (excluding diaryl/α,β-unsaturated/α-hetero) is 1. The van der Waals surface area contributed by atoms with E-state index in [4.69, 9.17) is 4.43 Å². The lowest BCUT2D eigenvalue weighted by Crippen LogP contribution is -2.31. The fourth-order valence-electron chi connectivity index (χ4n) is 2.15. The van der Waals surface area contributed by atoms with Crippen molar-refractivity contribution in [1.82, 2.24) is 10.2 Å². The molecule has 0 amide bonds. The second-order valence-electron chi connectivity index (χ2n) is 5.69. The van der Waals surface area contributed by atoms with Gasteiger partial charge < -0.3 is 4.43 Å². The summed E-state index contributed by atoms with van der Waals surface area (Å²) in [6, 6.07) is 1.20. The number of aryl methyl sites for hydroxylation is 1. The van der Waals surface area contributed by atoms with Crippen LogP contribution in [0.1, 0.15) is 48.4 Å². The summed E-state index contributed by atoms with van der Waals surface area (Å²) in [6.07, 6.45) is 3.22. The van der Waals surface area contributed by atoms with E-state index in [9.17, 15) is 4.79 Å². The van der Waals surface area contributed by atoms with E-state index in [1.807, 2.05) is 6.92 Å². The van der Waals surface area contributed by atoms with Crippen molar-refractivity contribution < 1.29 is 9.22 Å². The predicted octanol–water partition coefficient (Wildman–Crippen LogP) is 3.49. The third-order valence-electron chi connectivity index (χ3n) is 3.38. The van der Waals surface area contributed by atoms with E-state index < -0.39 is 8.32 Å². The van der Waals surface area contributed by atoms with Gasteiger partial charge in [-0.3, -0.25) is 9.89 Å². The minimum absolute atomic E-state index is 0.0156. The first-order chi connectivity index (χ1) is 8.87. The number of nitrogens with zero attached hydrogens (tertiary/aromatic N) is 1. The summed E-state index contributed by atoms with van der Waals surface area (Å²) in [6.45, 7) is 10.9. The standard InChI is InChI=1S/C14H26N2O2Si/c1-6-7-10-19(4,5)18-9-8-13-11(2)15-16-14(13)12(3)17/h6-10H2,1-5H3,(H,15,16). The van der Waals surface area contributed by atoms with Gasteiger partial charge in [0, 0.05) is 24.8 Å². The molecular weight excluding hydrogens is 256 g/mol. The normalized spacial score (nSPS) is 11.8. The van der Waals surface area contributed by atoms with Gasteiger partial charge in [-0.25, -0.2) is 0 Å². The molecule has 0 saturated carbocycles. The second kappa shape index (κ2) is 7.00. The molecule has 0 atom stereocenters. The van der Waals surface area contributed by atoms with E-state index in [-0.39, 0.29) is 5.78 Å². The smallest absolute Gasteiger partial charge is 0.186 e. The molecule has 0 radical (unpaired) electrons. The Morgan fingerprint density at radius 1 is 1.42 bits per heavy atom. The fourth-order valence-corrected chi connectivity index (χ4v) is 4.16. The Hall–Kier alpha value is -0.943. The number of H-pyrrole nitrogens is 1. The van der Waals surface area contributed by atoms with Gasteiger partial charge in [0.2, 0.25) is 0 Å². The van der Waals surface area contributed by atoms with Gasteiger partial charge in [0.25, 0.3) is 0 Å². The Morgan fingerprint density at radius 2 is 2.11 bits per heavy atom. The van der Waals surface area contributed by atoms with Crippen LogP contribution in [0.25, 0.3) is 0 Å². The van der Waals surface area contributed by atoms with E-state index in [2.05, 4.69) is 30.2 Å². The molecule has 0 saturated heterocycles. The van der Waals surface area contributed by atoms with Crippen molar-refractivity contribution in [2.75, 3.05) is 6.61 Å². The molecule has 4 nitrogen and oxygen atoms in total. The first-order valence-corrected chi connectivity index (χ1v) is 10.2. The van der Waals surface area contributed by atoms with Gasteiger partial charge in [-0.2, -0.15) is 5.10 Å². The summed E-state index contributed by atoms with van der Waals surface area (Å²) in [5.41, 5.74) is 2.55. The van der Waals surface area contributed by atoms with Gasteiger partial charge in [0.05, 0.1) is 0 Å². The zero-order valence-electron chi connectivity index (χ0n) is 12.8. The Balaban J connectivity index is 2.53. The summed E-state index contributed by atoms with van der Waals surface area (Å²) < 4.78 is 6.08. The number of unbranched alkanes of at least 4 members (excludes halogenated alkanes) is 1. The zero-order chi connectivity index (χ0) is 14.5. The Labute approximate surface area is 117 Å². The van der Waals surface area contributed by atoms with Crippen LogP contribution in [0, 0.1) is 6.92 Å². The van der Waals surface area contributed by atoms with Crippen LogP contribution in [0.3, 0.4) is 0 Å². The lowest BCUT2D eigenvalue weighted by Gasteiger charge is -2.22. The molecular formula is C14H26N2O2Si. The minimum atomic E-state index is -1.54. The van der Waals surface area contributed by atoms with E-state index >= 15 is 0 Å². The second-order valence-corrected chi connectivity index (χ2v) is 10.0. The molecule has 0 aliphatic heterocycles. The highest BCUT2D eigenvalue weighted by Crippen LogP contribution is 2.17. The molecule has 0 bridgehead atoms. The molecule has 1 aromatic heterocycles. The number of carbonyl (C=O) groups excluding carboxylic acids is 1. The maximum Gasteiger partial charge on any atom is 0.186 e. The maximum absolute atomic E-state index is 11.5. The molecule has 1 rings (SSSR count). The SMILES string of the molecule is CCCC[Si](C)(C)OCCc1c(C(C)=O)n[nH]c1C. The van der Waals surface area contributed by atoms with E-state index in [1.54, 1.807) is 6.92 Å². The van der Waals surface area contributed by atoms with Crippen molar-refractivity contribution >= 4 is 14.1 Å². The molecule has 19 heavy (non-hydrogen) atoms. The van der Waals surface area contributed by atoms with Crippen molar-refractivity contribution in [1.29, 1.82) is 0 Å². The summed E-state index contributed by atoms with van der Waals surface area (Å²) in [7, 11) is -1.54. The Bertz CT molecular complexity index is 427. The Kier molecular flexibility index (Phi) is 5.94. The molecule has 0 fully saturated rings. The van der Waals surface area contributed by atoms with Crippen LogP contribution in [-0.4, -0.2) is 30.9 Å². The third-order valence-corrected chi connectivity index (χ3v) is 5.93. The molecule has 0 aromatic carbocycles. The highest BCUT2D eigenvalue weighted by Gasteiger charge is 2.22. The molecule has 108 valence electrons. The Morgan fingerprint density at radius 3 is 2.68 bits per heavy atom. The zero-order valence-corrected chi connectivity index (χ0v) is 13.8. The quantitative estimate of drug-likeness (QED) is 0.586. The van der Waals surface area contributed by atoms with Crippen LogP contribution in [0.2, 0.25) is 19.1 Å².